The molecule has 0 radical (unpaired) electrons. The van der Waals surface area contributed by atoms with Gasteiger partial charge in [-0.1, -0.05) is 0 Å². The van der Waals surface area contributed by atoms with Gasteiger partial charge in [0.25, 0.3) is 0 Å². The molecule has 2 aromatic rings. The van der Waals surface area contributed by atoms with Crippen molar-refractivity contribution in [3.63, 3.8) is 0 Å². The first kappa shape index (κ1) is 14.1. The fourth-order valence-corrected chi connectivity index (χ4v) is 6.33. The van der Waals surface area contributed by atoms with E-state index in [1.165, 1.54) is 32.2 Å². The van der Waals surface area contributed by atoms with Crippen LogP contribution in [0, 0.1) is 0 Å². The molecule has 1 aliphatic heterocycles. The number of aryl methyl sites for hydroxylation is 1. The van der Waals surface area contributed by atoms with Crippen molar-refractivity contribution < 1.29 is 0 Å². The van der Waals surface area contributed by atoms with Gasteiger partial charge < -0.3 is 5.32 Å². The molecule has 3 rings (SSSR count). The molecule has 0 amide bonds. The Bertz CT molecular complexity index is 537. The Hall–Kier alpha value is 0.190. The number of fused-ring (bicyclic) bond motifs is 1. The van der Waals surface area contributed by atoms with Crippen molar-refractivity contribution in [1.82, 2.24) is 5.32 Å². The van der Waals surface area contributed by atoms with Gasteiger partial charge in [0.1, 0.15) is 0 Å². The topological polar surface area (TPSA) is 12.0 Å². The number of thioether (sulfide) groups is 1. The van der Waals surface area contributed by atoms with Crippen molar-refractivity contribution in [2.75, 3.05) is 12.8 Å². The van der Waals surface area contributed by atoms with E-state index >= 15 is 0 Å². The van der Waals surface area contributed by atoms with Crippen molar-refractivity contribution >= 4 is 50.4 Å². The maximum atomic E-state index is 3.54. The predicted octanol–water partition coefficient (Wildman–Crippen LogP) is 4.86. The highest BCUT2D eigenvalue weighted by atomic mass is 79.9. The monoisotopic (exact) mass is 373 g/mol. The van der Waals surface area contributed by atoms with E-state index in [2.05, 4.69) is 57.6 Å². The Morgan fingerprint density at radius 3 is 3.00 bits per heavy atom. The van der Waals surface area contributed by atoms with Crippen LogP contribution in [0.15, 0.2) is 22.0 Å². The molecule has 102 valence electrons. The van der Waals surface area contributed by atoms with Gasteiger partial charge in [0.05, 0.1) is 0 Å². The molecule has 0 fully saturated rings. The second kappa shape index (κ2) is 6.31. The van der Waals surface area contributed by atoms with E-state index in [-0.39, 0.29) is 0 Å². The fraction of sp³-hybridized carbons (Fsp3) is 0.429. The lowest BCUT2D eigenvalue weighted by molar-refractivity contribution is 0.606. The molecule has 3 heterocycles. The number of thiophene rings is 2. The van der Waals surface area contributed by atoms with Gasteiger partial charge in [-0.25, -0.2) is 0 Å². The predicted molar refractivity (Wildman–Crippen MR) is 91.7 cm³/mol. The van der Waals surface area contributed by atoms with Crippen LogP contribution in [0.25, 0.3) is 0 Å². The lowest BCUT2D eigenvalue weighted by Gasteiger charge is -2.13. The maximum absolute atomic E-state index is 3.54. The van der Waals surface area contributed by atoms with Crippen molar-refractivity contribution in [1.29, 1.82) is 0 Å². The molecule has 1 nitrogen and oxygen atoms in total. The zero-order valence-electron chi connectivity index (χ0n) is 10.7. The van der Waals surface area contributed by atoms with Crippen molar-refractivity contribution in [2.24, 2.45) is 0 Å². The Kier molecular flexibility index (Phi) is 4.70. The van der Waals surface area contributed by atoms with Gasteiger partial charge in [0.15, 0.2) is 0 Å². The van der Waals surface area contributed by atoms with Crippen molar-refractivity contribution in [3.05, 3.63) is 42.2 Å². The van der Waals surface area contributed by atoms with E-state index in [1.807, 2.05) is 22.7 Å². The number of hydrogen-bond acceptors (Lipinski definition) is 4. The summed E-state index contributed by atoms with van der Waals surface area (Å²) in [6.45, 7) is 0. The van der Waals surface area contributed by atoms with Gasteiger partial charge in [-0.3, -0.25) is 0 Å². The Balaban J connectivity index is 1.79. The molecule has 0 aliphatic carbocycles. The SMILES string of the molecule is CNC(Cc1cc(Br)cs1)c1cc2c(s1)CCSC2. The molecule has 0 spiro atoms. The van der Waals surface area contributed by atoms with Crippen molar-refractivity contribution in [3.8, 4) is 0 Å². The molecule has 0 saturated heterocycles. The number of hydrogen-bond donors (Lipinski definition) is 1. The number of likely N-dealkylation sites (N-methyl/N-ethyl adjacent to an activating group) is 1. The highest BCUT2D eigenvalue weighted by molar-refractivity contribution is 9.10. The van der Waals surface area contributed by atoms with Crippen LogP contribution in [0.1, 0.15) is 26.2 Å². The molecule has 1 unspecified atom stereocenters. The summed E-state index contributed by atoms with van der Waals surface area (Å²) < 4.78 is 1.20. The fourth-order valence-electron chi connectivity index (χ4n) is 2.35. The van der Waals surface area contributed by atoms with Gasteiger partial charge in [-0.15, -0.1) is 22.7 Å². The molecular formula is C14H16BrNS3. The summed E-state index contributed by atoms with van der Waals surface area (Å²) in [5, 5.41) is 5.65. The molecule has 0 aromatic carbocycles. The summed E-state index contributed by atoms with van der Waals surface area (Å²) in [6, 6.07) is 5.11. The minimum absolute atomic E-state index is 0.450. The second-order valence-corrected chi connectivity index (χ2v) is 8.86. The van der Waals surface area contributed by atoms with E-state index in [9.17, 15) is 0 Å². The van der Waals surface area contributed by atoms with Gasteiger partial charge in [0.2, 0.25) is 0 Å². The van der Waals surface area contributed by atoms with Gasteiger partial charge >= 0.3 is 0 Å². The van der Waals surface area contributed by atoms with Gasteiger partial charge in [-0.05, 0) is 52.8 Å². The van der Waals surface area contributed by atoms with E-state index in [4.69, 9.17) is 0 Å². The lowest BCUT2D eigenvalue weighted by Crippen LogP contribution is -2.17. The van der Waals surface area contributed by atoms with Gasteiger partial charge in [-0.2, -0.15) is 11.8 Å². The van der Waals surface area contributed by atoms with Crippen LogP contribution in [0.3, 0.4) is 0 Å². The lowest BCUT2D eigenvalue weighted by atomic mass is 10.1. The first-order valence-electron chi connectivity index (χ1n) is 6.35. The van der Waals surface area contributed by atoms with Crippen LogP contribution in [-0.4, -0.2) is 12.8 Å². The van der Waals surface area contributed by atoms with E-state index < -0.39 is 0 Å². The largest absolute Gasteiger partial charge is 0.312 e. The van der Waals surface area contributed by atoms with Crippen LogP contribution in [0.4, 0.5) is 0 Å². The summed E-state index contributed by atoms with van der Waals surface area (Å²) in [6.07, 6.45) is 2.34. The molecule has 1 aliphatic rings. The second-order valence-electron chi connectivity index (χ2n) is 4.68. The van der Waals surface area contributed by atoms with E-state index in [0.29, 0.717) is 6.04 Å². The third kappa shape index (κ3) is 3.27. The summed E-state index contributed by atoms with van der Waals surface area (Å²) in [5.74, 6) is 2.49. The first-order chi connectivity index (χ1) is 9.26. The molecule has 0 saturated carbocycles. The standard InChI is InChI=1S/C14H16BrNS3/c1-16-12(6-11-5-10(15)8-18-11)14-4-9-7-17-3-2-13(9)19-14/h4-5,8,12,16H,2-3,6-7H2,1H3. The summed E-state index contributed by atoms with van der Waals surface area (Å²) in [5.41, 5.74) is 1.57. The quantitative estimate of drug-likeness (QED) is 0.820. The minimum atomic E-state index is 0.450. The number of rotatable bonds is 4. The zero-order chi connectivity index (χ0) is 13.2. The van der Waals surface area contributed by atoms with Gasteiger partial charge in [0, 0.05) is 42.7 Å². The van der Waals surface area contributed by atoms with E-state index in [1.54, 1.807) is 10.4 Å². The average molecular weight is 374 g/mol. The van der Waals surface area contributed by atoms with Crippen molar-refractivity contribution in [2.45, 2.75) is 24.6 Å². The van der Waals surface area contributed by atoms with Crippen LogP contribution >= 0.6 is 50.4 Å². The Morgan fingerprint density at radius 2 is 2.32 bits per heavy atom. The summed E-state index contributed by atoms with van der Waals surface area (Å²) in [7, 11) is 2.07. The normalized spacial score (nSPS) is 16.3. The summed E-state index contributed by atoms with van der Waals surface area (Å²) in [4.78, 5) is 4.55. The van der Waals surface area contributed by atoms with E-state index in [0.717, 1.165) is 6.42 Å². The Labute approximate surface area is 134 Å². The first-order valence-corrected chi connectivity index (χ1v) is 10.00. The average Bonchev–Trinajstić information content (AvgIpc) is 3.01. The molecule has 5 heteroatoms. The van der Waals surface area contributed by atoms with Crippen LogP contribution in [0.5, 0.6) is 0 Å². The number of halogens is 1. The highest BCUT2D eigenvalue weighted by Gasteiger charge is 2.19. The summed E-state index contributed by atoms with van der Waals surface area (Å²) >= 11 is 9.44. The van der Waals surface area contributed by atoms with Crippen LogP contribution < -0.4 is 5.32 Å². The third-order valence-corrected chi connectivity index (χ3v) is 7.44. The molecule has 0 bridgehead atoms. The molecule has 19 heavy (non-hydrogen) atoms. The smallest absolute Gasteiger partial charge is 0.0461 e. The van der Waals surface area contributed by atoms with Crippen LogP contribution in [0.2, 0.25) is 0 Å². The number of nitrogens with one attached hydrogen (secondary N) is 1. The zero-order valence-corrected chi connectivity index (χ0v) is 14.8. The minimum Gasteiger partial charge on any atom is -0.312 e. The Morgan fingerprint density at radius 1 is 1.42 bits per heavy atom. The highest BCUT2D eigenvalue weighted by Crippen LogP contribution is 2.36. The third-order valence-electron chi connectivity index (χ3n) is 3.37. The maximum Gasteiger partial charge on any atom is 0.0461 e. The molecule has 2 aromatic heterocycles. The molecular weight excluding hydrogens is 358 g/mol. The van der Waals surface area contributed by atoms with Crippen LogP contribution in [-0.2, 0) is 18.6 Å². The molecule has 1 N–H and O–H groups in total. The molecule has 1 atom stereocenters.